The molecule has 1 aromatic heterocycles. The number of hydrogen-bond acceptors (Lipinski definition) is 8. The van der Waals surface area contributed by atoms with Crippen molar-refractivity contribution in [3.05, 3.63) is 17.0 Å². The van der Waals surface area contributed by atoms with E-state index in [1.54, 1.807) is 13.8 Å². The van der Waals surface area contributed by atoms with E-state index in [2.05, 4.69) is 14.8 Å². The van der Waals surface area contributed by atoms with Gasteiger partial charge in [-0.2, -0.15) is 0 Å². The zero-order valence-electron chi connectivity index (χ0n) is 12.6. The fraction of sp³-hybridized carbons (Fsp3) is 0.462. The van der Waals surface area contributed by atoms with Crippen molar-refractivity contribution < 1.29 is 28.6 Å². The van der Waals surface area contributed by atoms with Crippen molar-refractivity contribution in [1.29, 1.82) is 0 Å². The third kappa shape index (κ3) is 4.69. The summed E-state index contributed by atoms with van der Waals surface area (Å²) in [6.07, 6.45) is 1.82. The number of ether oxygens (including phenoxy) is 3. The van der Waals surface area contributed by atoms with Crippen LogP contribution in [0.25, 0.3) is 0 Å². The largest absolute Gasteiger partial charge is 0.594 e. The molecule has 0 amide bonds. The van der Waals surface area contributed by atoms with Crippen molar-refractivity contribution in [2.45, 2.75) is 20.3 Å². The molecule has 1 heterocycles. The normalized spacial score (nSPS) is 10.5. The number of ketones is 1. The first-order chi connectivity index (χ1) is 10.5. The number of methoxy groups -OCH3 is 1. The minimum absolute atomic E-state index is 0.0832. The Kier molecular flexibility index (Phi) is 6.74. The second-order valence-corrected chi connectivity index (χ2v) is 3.93. The highest BCUT2D eigenvalue weighted by molar-refractivity contribution is 6.34. The number of nitrogens with zero attached hydrogens (tertiary/aromatic N) is 3. The molecule has 0 unspecified atom stereocenters. The molecule has 9 nitrogen and oxygen atoms in total. The summed E-state index contributed by atoms with van der Waals surface area (Å²) in [5.41, 5.74) is 0.316. The van der Waals surface area contributed by atoms with E-state index < -0.39 is 11.8 Å². The van der Waals surface area contributed by atoms with Crippen molar-refractivity contribution in [3.63, 3.8) is 0 Å². The Bertz CT molecular complexity index is 573. The quantitative estimate of drug-likeness (QED) is 0.167. The Morgan fingerprint density at radius 3 is 2.73 bits per heavy atom. The molecular weight excluding hydrogens is 294 g/mol. The van der Waals surface area contributed by atoms with Crippen LogP contribution in [0.5, 0.6) is 5.88 Å². The first-order valence-electron chi connectivity index (χ1n) is 6.54. The maximum absolute atomic E-state index is 11.8. The van der Waals surface area contributed by atoms with Crippen LogP contribution in [0.1, 0.15) is 19.4 Å². The van der Waals surface area contributed by atoms with Gasteiger partial charge in [-0.05, 0) is 13.8 Å². The highest BCUT2D eigenvalue weighted by atomic mass is 16.5. The molecule has 1 rings (SSSR count). The fourth-order valence-electron chi connectivity index (χ4n) is 1.52. The molecule has 120 valence electrons. The van der Waals surface area contributed by atoms with Gasteiger partial charge >= 0.3 is 11.8 Å². The lowest BCUT2D eigenvalue weighted by Crippen LogP contribution is -2.32. The maximum atomic E-state index is 11.8. The molecule has 0 aromatic carbocycles. The van der Waals surface area contributed by atoms with E-state index in [0.29, 0.717) is 6.61 Å². The van der Waals surface area contributed by atoms with Gasteiger partial charge in [0.25, 0.3) is 0 Å². The Balaban J connectivity index is 3.12. The molecule has 0 fully saturated rings. The number of hydrogen-bond donors (Lipinski definition) is 0. The molecule has 22 heavy (non-hydrogen) atoms. The molecule has 0 N–H and O–H groups in total. The van der Waals surface area contributed by atoms with Gasteiger partial charge in [0.05, 0.1) is 37.4 Å². The molecule has 9 heteroatoms. The molecule has 0 radical (unpaired) electrons. The molecule has 0 saturated carbocycles. The Labute approximate surface area is 127 Å². The summed E-state index contributed by atoms with van der Waals surface area (Å²) in [6, 6.07) is 0. The average Bonchev–Trinajstić information content (AvgIpc) is 2.49. The van der Waals surface area contributed by atoms with Gasteiger partial charge in [-0.1, -0.05) is 4.85 Å². The summed E-state index contributed by atoms with van der Waals surface area (Å²) in [6.45, 7) is 3.83. The van der Waals surface area contributed by atoms with Crippen molar-refractivity contribution in [3.8, 4) is 5.88 Å². The van der Waals surface area contributed by atoms with Crippen LogP contribution in [0.3, 0.4) is 0 Å². The van der Waals surface area contributed by atoms with Gasteiger partial charge in [0.1, 0.15) is 5.69 Å². The van der Waals surface area contributed by atoms with Gasteiger partial charge in [0.2, 0.25) is 12.0 Å². The van der Waals surface area contributed by atoms with E-state index in [0.717, 1.165) is 12.6 Å². The second kappa shape index (κ2) is 8.55. The molecule has 0 aliphatic carbocycles. The predicted molar refractivity (Wildman–Crippen MR) is 74.9 cm³/mol. The first kappa shape index (κ1) is 17.3. The van der Waals surface area contributed by atoms with Gasteiger partial charge in [0.15, 0.2) is 6.40 Å². The zero-order valence-corrected chi connectivity index (χ0v) is 12.6. The van der Waals surface area contributed by atoms with Crippen LogP contribution >= 0.6 is 0 Å². The van der Waals surface area contributed by atoms with Gasteiger partial charge in [0, 0.05) is 0 Å². The average molecular weight is 311 g/mol. The summed E-state index contributed by atoms with van der Waals surface area (Å²) < 4.78 is 14.6. The van der Waals surface area contributed by atoms with Crippen molar-refractivity contribution in [1.82, 2.24) is 5.10 Å². The predicted octanol–water partition coefficient (Wildman–Crippen LogP) is 0.0946. The van der Waals surface area contributed by atoms with E-state index in [1.165, 1.54) is 7.11 Å². The van der Waals surface area contributed by atoms with E-state index in [-0.39, 0.29) is 35.0 Å². The minimum Gasteiger partial charge on any atom is -0.594 e. The number of carbonyl (C=O) groups is 2. The molecule has 0 spiro atoms. The maximum Gasteiger partial charge on any atom is 0.374 e. The van der Waals surface area contributed by atoms with E-state index >= 15 is 0 Å². The second-order valence-electron chi connectivity index (χ2n) is 3.93. The lowest BCUT2D eigenvalue weighted by Gasteiger charge is -2.07. The van der Waals surface area contributed by atoms with Gasteiger partial charge in [-0.3, -0.25) is 4.79 Å². The highest BCUT2D eigenvalue weighted by Crippen LogP contribution is 2.27. The van der Waals surface area contributed by atoms with E-state index in [1.807, 2.05) is 0 Å². The Morgan fingerprint density at radius 2 is 2.14 bits per heavy atom. The molecule has 0 atom stereocenters. The summed E-state index contributed by atoms with van der Waals surface area (Å²) >= 11 is 0. The lowest BCUT2D eigenvalue weighted by molar-refractivity contribution is -0.669. The number of aliphatic imine (C=N–C) groups is 1. The summed E-state index contributed by atoms with van der Waals surface area (Å²) in [5.74, 6) is -1.86. The summed E-state index contributed by atoms with van der Waals surface area (Å²) in [5, 5.41) is 15.0. The SMILES string of the molecule is CCOC=Nc1c(CC(=O)C(=O)OCC)c[n+]([O-])nc1OC. The van der Waals surface area contributed by atoms with Gasteiger partial charge < -0.3 is 19.4 Å². The standard InChI is InChI=1S/C13H17N3O6/c1-4-21-8-14-11-9(6-10(17)13(18)22-5-2)7-16(19)15-12(11)20-3/h7-8H,4-6H2,1-3H3. The first-order valence-corrected chi connectivity index (χ1v) is 6.54. The number of rotatable bonds is 8. The minimum atomic E-state index is -0.976. The smallest absolute Gasteiger partial charge is 0.374 e. The number of aromatic nitrogens is 2. The van der Waals surface area contributed by atoms with Gasteiger partial charge in [-0.15, -0.1) is 0 Å². The van der Waals surface area contributed by atoms with Gasteiger partial charge in [-0.25, -0.2) is 9.79 Å². The van der Waals surface area contributed by atoms with E-state index in [9.17, 15) is 14.8 Å². The number of esters is 1. The monoisotopic (exact) mass is 311 g/mol. The van der Waals surface area contributed by atoms with Crippen molar-refractivity contribution in [2.24, 2.45) is 4.99 Å². The van der Waals surface area contributed by atoms with Crippen LogP contribution < -0.4 is 9.58 Å². The lowest BCUT2D eigenvalue weighted by atomic mass is 10.1. The molecular formula is C13H17N3O6. The highest BCUT2D eigenvalue weighted by Gasteiger charge is 2.23. The molecule has 0 aliphatic rings. The van der Waals surface area contributed by atoms with E-state index in [4.69, 9.17) is 9.47 Å². The van der Waals surface area contributed by atoms with Crippen LogP contribution in [0.2, 0.25) is 0 Å². The Hall–Kier alpha value is -2.71. The molecule has 0 saturated heterocycles. The third-order valence-electron chi connectivity index (χ3n) is 2.43. The zero-order chi connectivity index (χ0) is 16.5. The fourth-order valence-corrected chi connectivity index (χ4v) is 1.52. The number of Topliss-reactive ketones (excluding diaryl/α,β-unsaturated/α-hetero) is 1. The third-order valence-corrected chi connectivity index (χ3v) is 2.43. The Morgan fingerprint density at radius 1 is 1.41 bits per heavy atom. The number of carbonyl (C=O) groups excluding carboxylic acids is 2. The molecule has 0 bridgehead atoms. The van der Waals surface area contributed by atoms with Crippen molar-refractivity contribution >= 4 is 23.8 Å². The van der Waals surface area contributed by atoms with Crippen LogP contribution in [-0.2, 0) is 25.5 Å². The van der Waals surface area contributed by atoms with Crippen molar-refractivity contribution in [2.75, 3.05) is 20.3 Å². The summed E-state index contributed by atoms with van der Waals surface area (Å²) in [4.78, 5) is 27.4. The van der Waals surface area contributed by atoms with Crippen LogP contribution in [-0.4, -0.2) is 43.6 Å². The van der Waals surface area contributed by atoms with Crippen LogP contribution in [0, 0.1) is 5.21 Å². The molecule has 0 aliphatic heterocycles. The van der Waals surface area contributed by atoms with Crippen LogP contribution in [0.15, 0.2) is 11.2 Å². The topological polar surface area (TPSA) is 114 Å². The van der Waals surface area contributed by atoms with Crippen LogP contribution in [0.4, 0.5) is 5.69 Å². The summed E-state index contributed by atoms with van der Waals surface area (Å²) in [7, 11) is 1.30. The molecule has 1 aromatic rings.